The van der Waals surface area contributed by atoms with Gasteiger partial charge in [-0.3, -0.25) is 0 Å². The molecule has 0 saturated heterocycles. The molecule has 1 unspecified atom stereocenters. The number of aliphatic hydroxyl groups excluding tert-OH is 1. The van der Waals surface area contributed by atoms with Crippen molar-refractivity contribution in [3.8, 4) is 0 Å². The second-order valence-electron chi connectivity index (χ2n) is 3.85. The number of benzene rings is 1. The third-order valence-corrected chi connectivity index (χ3v) is 3.93. The third-order valence-electron chi connectivity index (χ3n) is 2.72. The van der Waals surface area contributed by atoms with Crippen LogP contribution in [0.1, 0.15) is 22.1 Å². The lowest BCUT2D eigenvalue weighted by Gasteiger charge is -2.12. The molecule has 2 aromatic rings. The molecule has 1 heterocycles. The Bertz CT molecular complexity index is 504. The number of hydrogen-bond acceptors (Lipinski definition) is 2. The largest absolute Gasteiger partial charge is 0.388 e. The summed E-state index contributed by atoms with van der Waals surface area (Å²) in [6.45, 7) is 1.94. The number of halogens is 2. The summed E-state index contributed by atoms with van der Waals surface area (Å²) in [5.74, 6) is -0.371. The van der Waals surface area contributed by atoms with Crippen LogP contribution in [0.4, 0.5) is 4.39 Å². The van der Waals surface area contributed by atoms with E-state index in [1.165, 1.54) is 6.07 Å². The van der Waals surface area contributed by atoms with Crippen molar-refractivity contribution in [2.24, 2.45) is 0 Å². The zero-order valence-electron chi connectivity index (χ0n) is 9.28. The van der Waals surface area contributed by atoms with E-state index in [0.29, 0.717) is 10.6 Å². The predicted molar refractivity (Wildman–Crippen MR) is 69.1 cm³/mol. The first-order valence-corrected chi connectivity index (χ1v) is 6.50. The first-order valence-electron chi connectivity index (χ1n) is 5.24. The van der Waals surface area contributed by atoms with Crippen LogP contribution in [0.25, 0.3) is 0 Å². The maximum Gasteiger partial charge on any atom is 0.127 e. The van der Waals surface area contributed by atoms with E-state index < -0.39 is 6.10 Å². The highest BCUT2D eigenvalue weighted by Crippen LogP contribution is 2.29. The van der Waals surface area contributed by atoms with Crippen molar-refractivity contribution in [2.45, 2.75) is 19.4 Å². The number of hydrogen-bond donors (Lipinski definition) is 1. The predicted octanol–water partition coefficient (Wildman–Crippen LogP) is 4.13. The van der Waals surface area contributed by atoms with Gasteiger partial charge in [-0.1, -0.05) is 17.7 Å². The Balaban J connectivity index is 2.25. The van der Waals surface area contributed by atoms with Gasteiger partial charge in [-0.25, -0.2) is 4.39 Å². The van der Waals surface area contributed by atoms with Gasteiger partial charge in [0, 0.05) is 21.9 Å². The number of thiophene rings is 1. The van der Waals surface area contributed by atoms with Crippen LogP contribution in [0.3, 0.4) is 0 Å². The van der Waals surface area contributed by atoms with Crippen LogP contribution in [0.2, 0.25) is 5.02 Å². The molecule has 0 fully saturated rings. The molecule has 0 aliphatic heterocycles. The summed E-state index contributed by atoms with van der Waals surface area (Å²) in [5.41, 5.74) is 1.21. The van der Waals surface area contributed by atoms with E-state index in [-0.39, 0.29) is 12.2 Å². The van der Waals surface area contributed by atoms with Gasteiger partial charge in [0.25, 0.3) is 0 Å². The first kappa shape index (κ1) is 12.6. The van der Waals surface area contributed by atoms with E-state index in [1.54, 1.807) is 23.5 Å². The molecule has 1 aromatic carbocycles. The van der Waals surface area contributed by atoms with Gasteiger partial charge in [0.15, 0.2) is 0 Å². The van der Waals surface area contributed by atoms with E-state index in [9.17, 15) is 9.50 Å². The molecule has 0 saturated carbocycles. The minimum absolute atomic E-state index is 0.198. The lowest BCUT2D eigenvalue weighted by molar-refractivity contribution is 0.177. The molecule has 0 spiro atoms. The van der Waals surface area contributed by atoms with Crippen LogP contribution in [-0.4, -0.2) is 5.11 Å². The SMILES string of the molecule is Cc1sccc1C(O)Cc1c(F)cccc1Cl. The molecule has 0 aliphatic carbocycles. The average Bonchev–Trinajstić information content (AvgIpc) is 2.70. The second kappa shape index (κ2) is 5.17. The van der Waals surface area contributed by atoms with Gasteiger partial charge in [-0.2, -0.15) is 0 Å². The monoisotopic (exact) mass is 270 g/mol. The van der Waals surface area contributed by atoms with Crippen LogP contribution in [0.5, 0.6) is 0 Å². The summed E-state index contributed by atoms with van der Waals surface area (Å²) in [6, 6.07) is 6.41. The van der Waals surface area contributed by atoms with Gasteiger partial charge < -0.3 is 5.11 Å². The van der Waals surface area contributed by atoms with E-state index in [1.807, 2.05) is 18.4 Å². The lowest BCUT2D eigenvalue weighted by Crippen LogP contribution is -2.04. The van der Waals surface area contributed by atoms with Crippen LogP contribution >= 0.6 is 22.9 Å². The Morgan fingerprint density at radius 2 is 2.18 bits per heavy atom. The maximum absolute atomic E-state index is 13.6. The minimum Gasteiger partial charge on any atom is -0.388 e. The van der Waals surface area contributed by atoms with Crippen LogP contribution in [0.15, 0.2) is 29.6 Å². The molecule has 1 N–H and O–H groups in total. The first-order chi connectivity index (χ1) is 8.09. The Morgan fingerprint density at radius 3 is 2.76 bits per heavy atom. The zero-order valence-corrected chi connectivity index (χ0v) is 10.9. The van der Waals surface area contributed by atoms with Gasteiger partial charge in [0.05, 0.1) is 6.10 Å². The molecular formula is C13H12ClFOS. The molecule has 0 bridgehead atoms. The molecule has 0 amide bonds. The number of aliphatic hydroxyl groups is 1. The van der Waals surface area contributed by atoms with Crippen LogP contribution in [-0.2, 0) is 6.42 Å². The molecule has 4 heteroatoms. The van der Waals surface area contributed by atoms with Crippen molar-refractivity contribution in [1.29, 1.82) is 0 Å². The molecule has 1 nitrogen and oxygen atoms in total. The molecule has 0 aliphatic rings. The topological polar surface area (TPSA) is 20.2 Å². The minimum atomic E-state index is -0.712. The molecule has 0 radical (unpaired) electrons. The molecule has 2 rings (SSSR count). The fourth-order valence-corrected chi connectivity index (χ4v) is 2.77. The Kier molecular flexibility index (Phi) is 3.82. The summed E-state index contributed by atoms with van der Waals surface area (Å²) in [7, 11) is 0. The standard InChI is InChI=1S/C13H12ClFOS/c1-8-9(5-6-17-8)13(16)7-10-11(14)3-2-4-12(10)15/h2-6,13,16H,7H2,1H3. The quantitative estimate of drug-likeness (QED) is 0.889. The van der Waals surface area contributed by atoms with Crippen molar-refractivity contribution in [1.82, 2.24) is 0 Å². The fraction of sp³-hybridized carbons (Fsp3) is 0.231. The van der Waals surface area contributed by atoms with Crippen molar-refractivity contribution < 1.29 is 9.50 Å². The molecular weight excluding hydrogens is 259 g/mol. The smallest absolute Gasteiger partial charge is 0.127 e. The summed E-state index contributed by atoms with van der Waals surface area (Å²) in [6.07, 6.45) is -0.515. The zero-order chi connectivity index (χ0) is 12.4. The van der Waals surface area contributed by atoms with Crippen molar-refractivity contribution in [3.05, 3.63) is 56.5 Å². The summed E-state index contributed by atoms with van der Waals surface area (Å²) in [4.78, 5) is 1.05. The normalized spacial score (nSPS) is 12.7. The van der Waals surface area contributed by atoms with Crippen molar-refractivity contribution in [3.63, 3.8) is 0 Å². The van der Waals surface area contributed by atoms with Crippen LogP contribution in [0, 0.1) is 12.7 Å². The Hall–Kier alpha value is -0.900. The molecule has 17 heavy (non-hydrogen) atoms. The molecule has 1 atom stereocenters. The highest BCUT2D eigenvalue weighted by Gasteiger charge is 2.16. The maximum atomic E-state index is 13.6. The van der Waals surface area contributed by atoms with Gasteiger partial charge in [0.2, 0.25) is 0 Å². The summed E-state index contributed by atoms with van der Waals surface area (Å²) in [5, 5.41) is 12.3. The van der Waals surface area contributed by atoms with E-state index in [2.05, 4.69) is 0 Å². The van der Waals surface area contributed by atoms with Crippen molar-refractivity contribution >= 4 is 22.9 Å². The van der Waals surface area contributed by atoms with E-state index in [0.717, 1.165) is 10.4 Å². The Labute approximate surface area is 108 Å². The highest BCUT2D eigenvalue weighted by molar-refractivity contribution is 7.10. The van der Waals surface area contributed by atoms with Gasteiger partial charge in [-0.15, -0.1) is 11.3 Å². The molecule has 1 aromatic heterocycles. The third kappa shape index (κ3) is 2.68. The Morgan fingerprint density at radius 1 is 1.41 bits per heavy atom. The van der Waals surface area contributed by atoms with E-state index >= 15 is 0 Å². The summed E-state index contributed by atoms with van der Waals surface area (Å²) >= 11 is 7.49. The van der Waals surface area contributed by atoms with Gasteiger partial charge >= 0.3 is 0 Å². The van der Waals surface area contributed by atoms with Gasteiger partial charge in [-0.05, 0) is 36.1 Å². The van der Waals surface area contributed by atoms with Gasteiger partial charge in [0.1, 0.15) is 5.82 Å². The van der Waals surface area contributed by atoms with Crippen LogP contribution < -0.4 is 0 Å². The lowest BCUT2D eigenvalue weighted by atomic mass is 10.0. The fourth-order valence-electron chi connectivity index (χ4n) is 1.77. The van der Waals surface area contributed by atoms with E-state index in [4.69, 9.17) is 11.6 Å². The molecule has 90 valence electrons. The average molecular weight is 271 g/mol. The summed E-state index contributed by atoms with van der Waals surface area (Å²) < 4.78 is 13.6. The highest BCUT2D eigenvalue weighted by atomic mass is 35.5. The number of rotatable bonds is 3. The number of aryl methyl sites for hydroxylation is 1. The van der Waals surface area contributed by atoms with Crippen molar-refractivity contribution in [2.75, 3.05) is 0 Å². The second-order valence-corrected chi connectivity index (χ2v) is 5.38.